The van der Waals surface area contributed by atoms with E-state index < -0.39 is 27.1 Å². The fourth-order valence-electron chi connectivity index (χ4n) is 2.89. The standard InChI is InChI=1S/C19H21NO5S2/c1-11(2)12-5-3-4-6-15(12)27(24,25)17-9-13(18(20)22)14(26-17)10-16(21)19(23)7-8-19/h3-6,9,11,23H,7-8,10H2,1-2H3,(H2,20,22). The molecule has 0 atom stereocenters. The minimum absolute atomic E-state index is 0.00305. The molecule has 1 aliphatic carbocycles. The van der Waals surface area contributed by atoms with E-state index in [1.165, 1.54) is 12.1 Å². The highest BCUT2D eigenvalue weighted by Gasteiger charge is 2.47. The number of thiophene rings is 1. The minimum atomic E-state index is -3.87. The van der Waals surface area contributed by atoms with Crippen LogP contribution in [0, 0.1) is 0 Å². The van der Waals surface area contributed by atoms with Gasteiger partial charge in [0.1, 0.15) is 9.81 Å². The van der Waals surface area contributed by atoms with E-state index in [2.05, 4.69) is 0 Å². The van der Waals surface area contributed by atoms with Crippen molar-refractivity contribution in [3.8, 4) is 0 Å². The van der Waals surface area contributed by atoms with Gasteiger partial charge in [0, 0.05) is 11.3 Å². The van der Waals surface area contributed by atoms with Crippen LogP contribution in [0.1, 0.15) is 53.4 Å². The molecule has 0 spiro atoms. The molecule has 27 heavy (non-hydrogen) atoms. The van der Waals surface area contributed by atoms with E-state index in [0.717, 1.165) is 11.3 Å². The number of nitrogens with two attached hydrogens (primary N) is 1. The van der Waals surface area contributed by atoms with Crippen LogP contribution in [-0.4, -0.2) is 30.8 Å². The highest BCUT2D eigenvalue weighted by Crippen LogP contribution is 2.39. The fraction of sp³-hybridized carbons (Fsp3) is 0.368. The van der Waals surface area contributed by atoms with Crippen LogP contribution in [0.3, 0.4) is 0 Å². The van der Waals surface area contributed by atoms with Crippen LogP contribution in [-0.2, 0) is 21.1 Å². The monoisotopic (exact) mass is 407 g/mol. The molecule has 2 aromatic rings. The Morgan fingerprint density at radius 3 is 2.44 bits per heavy atom. The molecule has 1 aliphatic rings. The lowest BCUT2D eigenvalue weighted by molar-refractivity contribution is -0.128. The number of sulfone groups is 1. The number of Topliss-reactive ketones (excluding diaryl/α,β-unsaturated/α-hetero) is 1. The maximum atomic E-state index is 13.2. The molecule has 1 heterocycles. The fourth-order valence-corrected chi connectivity index (χ4v) is 6.16. The molecule has 8 heteroatoms. The molecule has 0 radical (unpaired) electrons. The summed E-state index contributed by atoms with van der Waals surface area (Å²) >= 11 is 0.862. The summed E-state index contributed by atoms with van der Waals surface area (Å²) in [6, 6.07) is 7.95. The Balaban J connectivity index is 2.05. The summed E-state index contributed by atoms with van der Waals surface area (Å²) in [5, 5.41) is 9.95. The second kappa shape index (κ2) is 6.85. The van der Waals surface area contributed by atoms with Gasteiger partial charge in [-0.15, -0.1) is 11.3 Å². The SMILES string of the molecule is CC(C)c1ccccc1S(=O)(=O)c1cc(C(N)=O)c(CC(=O)C2(O)CC2)s1. The third-order valence-corrected chi connectivity index (χ3v) is 8.15. The number of primary amides is 1. The van der Waals surface area contributed by atoms with Gasteiger partial charge in [0.2, 0.25) is 15.7 Å². The lowest BCUT2D eigenvalue weighted by atomic mass is 10.0. The van der Waals surface area contributed by atoms with E-state index in [1.54, 1.807) is 18.2 Å². The second-order valence-corrected chi connectivity index (χ2v) is 10.4. The molecule has 1 aromatic heterocycles. The Labute approximate surface area is 161 Å². The number of hydrogen-bond donors (Lipinski definition) is 2. The molecule has 1 fully saturated rings. The predicted molar refractivity (Wildman–Crippen MR) is 102 cm³/mol. The van der Waals surface area contributed by atoms with Crippen LogP contribution < -0.4 is 5.73 Å². The van der Waals surface area contributed by atoms with Gasteiger partial charge in [-0.25, -0.2) is 8.42 Å². The van der Waals surface area contributed by atoms with Gasteiger partial charge in [-0.3, -0.25) is 9.59 Å². The van der Waals surface area contributed by atoms with Crippen molar-refractivity contribution >= 4 is 32.9 Å². The molecule has 6 nitrogen and oxygen atoms in total. The van der Waals surface area contributed by atoms with Crippen molar-refractivity contribution in [1.82, 2.24) is 0 Å². The van der Waals surface area contributed by atoms with Gasteiger partial charge in [-0.1, -0.05) is 32.0 Å². The lowest BCUT2D eigenvalue weighted by Gasteiger charge is -2.12. The Hall–Kier alpha value is -2.03. The molecule has 3 N–H and O–H groups in total. The molecule has 1 saturated carbocycles. The quantitative estimate of drug-likeness (QED) is 0.732. The number of rotatable bonds is 7. The summed E-state index contributed by atoms with van der Waals surface area (Å²) in [6.07, 6.45) is 0.562. The van der Waals surface area contributed by atoms with Gasteiger partial charge in [-0.2, -0.15) is 0 Å². The summed E-state index contributed by atoms with van der Waals surface area (Å²) in [5.74, 6) is -1.22. The maximum Gasteiger partial charge on any atom is 0.249 e. The van der Waals surface area contributed by atoms with Gasteiger partial charge in [0.05, 0.1) is 10.5 Å². The summed E-state index contributed by atoms with van der Waals surface area (Å²) in [7, 11) is -3.87. The van der Waals surface area contributed by atoms with Crippen LogP contribution >= 0.6 is 11.3 Å². The van der Waals surface area contributed by atoms with E-state index in [-0.39, 0.29) is 31.9 Å². The molecule has 3 rings (SSSR count). The van der Waals surface area contributed by atoms with Crippen molar-refractivity contribution in [3.63, 3.8) is 0 Å². The lowest BCUT2D eigenvalue weighted by Crippen LogP contribution is -2.24. The number of ketones is 1. The number of benzene rings is 1. The number of carbonyl (C=O) groups is 2. The van der Waals surface area contributed by atoms with Gasteiger partial charge in [-0.05, 0) is 36.5 Å². The van der Waals surface area contributed by atoms with Gasteiger partial charge >= 0.3 is 0 Å². The summed E-state index contributed by atoms with van der Waals surface area (Å²) in [5.41, 5.74) is 4.73. The molecule has 1 amide bonds. The molecule has 0 unspecified atom stereocenters. The molecular formula is C19H21NO5S2. The van der Waals surface area contributed by atoms with Crippen LogP contribution in [0.25, 0.3) is 0 Å². The molecule has 144 valence electrons. The predicted octanol–water partition coefficient (Wildman–Crippen LogP) is 2.44. The largest absolute Gasteiger partial charge is 0.382 e. The van der Waals surface area contributed by atoms with E-state index in [0.29, 0.717) is 18.4 Å². The summed E-state index contributed by atoms with van der Waals surface area (Å²) in [4.78, 5) is 24.4. The number of aliphatic hydroxyl groups is 1. The molecule has 1 aromatic carbocycles. The number of amides is 1. The van der Waals surface area contributed by atoms with Gasteiger partial charge in [0.25, 0.3) is 0 Å². The average Bonchev–Trinajstić information content (AvgIpc) is 3.21. The van der Waals surface area contributed by atoms with Gasteiger partial charge in [0.15, 0.2) is 5.78 Å². The normalized spacial score (nSPS) is 15.7. The Bertz CT molecular complexity index is 1020. The Morgan fingerprint density at radius 1 is 1.26 bits per heavy atom. The molecule has 0 saturated heterocycles. The van der Waals surface area contributed by atoms with E-state index in [4.69, 9.17) is 5.73 Å². The van der Waals surface area contributed by atoms with Crippen molar-refractivity contribution in [2.24, 2.45) is 5.73 Å². The van der Waals surface area contributed by atoms with E-state index in [9.17, 15) is 23.1 Å². The summed E-state index contributed by atoms with van der Waals surface area (Å²) in [6.45, 7) is 3.80. The van der Waals surface area contributed by atoms with Crippen molar-refractivity contribution < 1.29 is 23.1 Å². The zero-order valence-electron chi connectivity index (χ0n) is 15.1. The van der Waals surface area contributed by atoms with Crippen LogP contribution in [0.5, 0.6) is 0 Å². The third-order valence-electron chi connectivity index (χ3n) is 4.71. The van der Waals surface area contributed by atoms with Gasteiger partial charge < -0.3 is 10.8 Å². The van der Waals surface area contributed by atoms with Crippen molar-refractivity contribution in [3.05, 3.63) is 46.3 Å². The second-order valence-electron chi connectivity index (χ2n) is 7.09. The Kier molecular flexibility index (Phi) is 5.00. The van der Waals surface area contributed by atoms with E-state index in [1.807, 2.05) is 13.8 Å². The molecule has 0 bridgehead atoms. The summed E-state index contributed by atoms with van der Waals surface area (Å²) < 4.78 is 26.3. The smallest absolute Gasteiger partial charge is 0.249 e. The zero-order chi connectivity index (χ0) is 20.0. The van der Waals surface area contributed by atoms with Crippen LogP contribution in [0.4, 0.5) is 0 Å². The highest BCUT2D eigenvalue weighted by molar-refractivity contribution is 7.93. The first-order chi connectivity index (χ1) is 12.6. The van der Waals surface area contributed by atoms with Crippen LogP contribution in [0.2, 0.25) is 0 Å². The first-order valence-electron chi connectivity index (χ1n) is 8.58. The first-order valence-corrected chi connectivity index (χ1v) is 10.9. The first kappa shape index (κ1) is 19.7. The third kappa shape index (κ3) is 3.69. The number of carbonyl (C=O) groups excluding carboxylic acids is 2. The van der Waals surface area contributed by atoms with Crippen molar-refractivity contribution in [1.29, 1.82) is 0 Å². The van der Waals surface area contributed by atoms with E-state index >= 15 is 0 Å². The zero-order valence-corrected chi connectivity index (χ0v) is 16.7. The molecular weight excluding hydrogens is 386 g/mol. The van der Waals surface area contributed by atoms with Crippen molar-refractivity contribution in [2.75, 3.05) is 0 Å². The minimum Gasteiger partial charge on any atom is -0.382 e. The van der Waals surface area contributed by atoms with Crippen molar-refractivity contribution in [2.45, 2.75) is 53.7 Å². The highest BCUT2D eigenvalue weighted by atomic mass is 32.2. The Morgan fingerprint density at radius 2 is 1.89 bits per heavy atom. The number of hydrogen-bond acceptors (Lipinski definition) is 6. The average molecular weight is 408 g/mol. The maximum absolute atomic E-state index is 13.2. The van der Waals surface area contributed by atoms with Crippen LogP contribution in [0.15, 0.2) is 39.4 Å². The molecule has 0 aliphatic heterocycles. The topological polar surface area (TPSA) is 115 Å².